The van der Waals surface area contributed by atoms with Crippen LogP contribution in [0.25, 0.3) is 0 Å². The molecule has 0 bridgehead atoms. The van der Waals surface area contributed by atoms with Gasteiger partial charge in [0.2, 0.25) is 0 Å². The maximum atomic E-state index is 14.0. The number of halogens is 1. The first-order valence-electron chi connectivity index (χ1n) is 9.10. The van der Waals surface area contributed by atoms with E-state index in [4.69, 9.17) is 0 Å². The van der Waals surface area contributed by atoms with Gasteiger partial charge in [0.25, 0.3) is 5.91 Å². The third kappa shape index (κ3) is 4.71. The van der Waals surface area contributed by atoms with Crippen molar-refractivity contribution in [2.75, 3.05) is 25.5 Å². The van der Waals surface area contributed by atoms with E-state index in [2.05, 4.69) is 9.97 Å². The van der Waals surface area contributed by atoms with E-state index in [1.807, 2.05) is 31.1 Å². The minimum absolute atomic E-state index is 0.142. The van der Waals surface area contributed by atoms with Crippen molar-refractivity contribution < 1.29 is 9.18 Å². The number of carbonyl (C=O) groups excluding carboxylic acids is 1. The zero-order chi connectivity index (χ0) is 19.9. The summed E-state index contributed by atoms with van der Waals surface area (Å²) in [6.45, 7) is 0.777. The van der Waals surface area contributed by atoms with Crippen LogP contribution >= 0.6 is 0 Å². The number of pyridine rings is 2. The van der Waals surface area contributed by atoms with Gasteiger partial charge in [-0.15, -0.1) is 0 Å². The van der Waals surface area contributed by atoms with Gasteiger partial charge >= 0.3 is 0 Å². The molecule has 28 heavy (non-hydrogen) atoms. The summed E-state index contributed by atoms with van der Waals surface area (Å²) in [6.07, 6.45) is 5.52. The summed E-state index contributed by atoms with van der Waals surface area (Å²) in [7, 11) is 3.70. The lowest BCUT2D eigenvalue weighted by Crippen LogP contribution is -2.34. The first-order chi connectivity index (χ1) is 13.6. The zero-order valence-corrected chi connectivity index (χ0v) is 16.0. The molecule has 3 rings (SSSR count). The van der Waals surface area contributed by atoms with Crippen molar-refractivity contribution in [3.05, 3.63) is 89.6 Å². The Labute approximate surface area is 164 Å². The maximum absolute atomic E-state index is 14.0. The van der Waals surface area contributed by atoms with Gasteiger partial charge in [0.1, 0.15) is 11.6 Å². The number of carbonyl (C=O) groups is 1. The van der Waals surface area contributed by atoms with Gasteiger partial charge in [-0.25, -0.2) is 9.37 Å². The van der Waals surface area contributed by atoms with Crippen molar-refractivity contribution in [2.45, 2.75) is 13.0 Å². The number of nitrogens with zero attached hydrogens (tertiary/aromatic N) is 4. The highest BCUT2D eigenvalue weighted by molar-refractivity contribution is 5.98. The zero-order valence-electron chi connectivity index (χ0n) is 16.0. The van der Waals surface area contributed by atoms with Gasteiger partial charge in [0.05, 0.1) is 5.56 Å². The average molecular weight is 378 g/mol. The Hall–Kier alpha value is -3.28. The molecule has 0 aliphatic carbocycles. The summed E-state index contributed by atoms with van der Waals surface area (Å²) in [5.41, 5.74) is 2.02. The molecule has 0 saturated carbocycles. The lowest BCUT2D eigenvalue weighted by Gasteiger charge is -2.25. The summed E-state index contributed by atoms with van der Waals surface area (Å²) >= 11 is 0. The SMILES string of the molecule is CN(C)c1ncccc1C(=O)N(CCc1ccccc1F)Cc1cccnc1. The van der Waals surface area contributed by atoms with Crippen LogP contribution in [0, 0.1) is 5.82 Å². The second kappa shape index (κ2) is 9.08. The second-order valence-corrected chi connectivity index (χ2v) is 6.70. The van der Waals surface area contributed by atoms with Crippen LogP contribution in [0.4, 0.5) is 10.2 Å². The van der Waals surface area contributed by atoms with E-state index < -0.39 is 0 Å². The van der Waals surface area contributed by atoms with Crippen LogP contribution < -0.4 is 4.90 Å². The van der Waals surface area contributed by atoms with E-state index in [9.17, 15) is 9.18 Å². The molecule has 2 aromatic heterocycles. The Balaban J connectivity index is 1.87. The van der Waals surface area contributed by atoms with Crippen LogP contribution in [0.1, 0.15) is 21.5 Å². The normalized spacial score (nSPS) is 10.5. The number of anilines is 1. The smallest absolute Gasteiger partial charge is 0.257 e. The molecular weight excluding hydrogens is 355 g/mol. The number of rotatable bonds is 7. The van der Waals surface area contributed by atoms with Gasteiger partial charge < -0.3 is 9.80 Å². The van der Waals surface area contributed by atoms with E-state index in [-0.39, 0.29) is 11.7 Å². The molecule has 0 spiro atoms. The number of hydrogen-bond donors (Lipinski definition) is 0. The van der Waals surface area contributed by atoms with E-state index in [0.29, 0.717) is 36.5 Å². The van der Waals surface area contributed by atoms with Crippen LogP contribution in [0.5, 0.6) is 0 Å². The van der Waals surface area contributed by atoms with E-state index in [0.717, 1.165) is 5.56 Å². The lowest BCUT2D eigenvalue weighted by atomic mass is 10.1. The standard InChI is InChI=1S/C22H23FN4O/c1-26(2)21-19(9-6-13-25-21)22(28)27(16-17-7-5-12-24-15-17)14-11-18-8-3-4-10-20(18)23/h3-10,12-13,15H,11,14,16H2,1-2H3. The Morgan fingerprint density at radius 1 is 1.04 bits per heavy atom. The summed E-state index contributed by atoms with van der Waals surface area (Å²) in [5, 5.41) is 0. The molecule has 0 radical (unpaired) electrons. The van der Waals surface area contributed by atoms with Crippen LogP contribution in [0.15, 0.2) is 67.1 Å². The van der Waals surface area contributed by atoms with Gasteiger partial charge in [-0.3, -0.25) is 9.78 Å². The third-order valence-electron chi connectivity index (χ3n) is 4.43. The molecule has 0 N–H and O–H groups in total. The molecule has 1 aromatic carbocycles. The minimum Gasteiger partial charge on any atom is -0.362 e. The summed E-state index contributed by atoms with van der Waals surface area (Å²) < 4.78 is 14.0. The molecule has 3 aromatic rings. The predicted octanol–water partition coefficient (Wildman–Crippen LogP) is 3.57. The van der Waals surface area contributed by atoms with Crippen molar-refractivity contribution in [3.8, 4) is 0 Å². The Kier molecular flexibility index (Phi) is 6.32. The van der Waals surface area contributed by atoms with E-state index >= 15 is 0 Å². The molecule has 0 fully saturated rings. The highest BCUT2D eigenvalue weighted by Gasteiger charge is 2.21. The minimum atomic E-state index is -0.258. The topological polar surface area (TPSA) is 49.3 Å². The monoisotopic (exact) mass is 378 g/mol. The highest BCUT2D eigenvalue weighted by Crippen LogP contribution is 2.19. The van der Waals surface area contributed by atoms with Crippen molar-refractivity contribution in [2.24, 2.45) is 0 Å². The van der Waals surface area contributed by atoms with E-state index in [1.165, 1.54) is 6.07 Å². The number of amides is 1. The summed E-state index contributed by atoms with van der Waals surface area (Å²) in [6, 6.07) is 13.9. The quantitative estimate of drug-likeness (QED) is 0.631. The van der Waals surface area contributed by atoms with Crippen molar-refractivity contribution in [1.82, 2.24) is 14.9 Å². The maximum Gasteiger partial charge on any atom is 0.257 e. The van der Waals surface area contributed by atoms with Gasteiger partial charge in [-0.05, 0) is 41.8 Å². The number of benzene rings is 1. The van der Waals surface area contributed by atoms with E-state index in [1.54, 1.807) is 53.8 Å². The van der Waals surface area contributed by atoms with Crippen LogP contribution in [0.3, 0.4) is 0 Å². The molecule has 144 valence electrons. The average Bonchev–Trinajstić information content (AvgIpc) is 2.72. The first-order valence-corrected chi connectivity index (χ1v) is 9.10. The predicted molar refractivity (Wildman–Crippen MR) is 108 cm³/mol. The van der Waals surface area contributed by atoms with Crippen LogP contribution in [-0.4, -0.2) is 41.4 Å². The third-order valence-corrected chi connectivity index (χ3v) is 4.43. The molecule has 0 atom stereocenters. The fourth-order valence-electron chi connectivity index (χ4n) is 3.01. The molecule has 0 aliphatic heterocycles. The molecule has 0 aliphatic rings. The fourth-order valence-corrected chi connectivity index (χ4v) is 3.01. The van der Waals surface area contributed by atoms with Crippen molar-refractivity contribution in [1.29, 1.82) is 0 Å². The van der Waals surface area contributed by atoms with Gasteiger partial charge in [0.15, 0.2) is 0 Å². The molecule has 6 heteroatoms. The second-order valence-electron chi connectivity index (χ2n) is 6.70. The number of aromatic nitrogens is 2. The lowest BCUT2D eigenvalue weighted by molar-refractivity contribution is 0.0745. The molecule has 1 amide bonds. The summed E-state index contributed by atoms with van der Waals surface area (Å²) in [5.74, 6) is 0.207. The molecule has 5 nitrogen and oxygen atoms in total. The number of hydrogen-bond acceptors (Lipinski definition) is 4. The Morgan fingerprint density at radius 3 is 2.54 bits per heavy atom. The fraction of sp³-hybridized carbons (Fsp3) is 0.227. The van der Waals surface area contributed by atoms with Crippen molar-refractivity contribution in [3.63, 3.8) is 0 Å². The van der Waals surface area contributed by atoms with Gasteiger partial charge in [0, 0.05) is 45.8 Å². The highest BCUT2D eigenvalue weighted by atomic mass is 19.1. The molecule has 2 heterocycles. The largest absolute Gasteiger partial charge is 0.362 e. The molecule has 0 unspecified atom stereocenters. The van der Waals surface area contributed by atoms with Gasteiger partial charge in [-0.1, -0.05) is 24.3 Å². The Morgan fingerprint density at radius 2 is 1.82 bits per heavy atom. The molecule has 0 saturated heterocycles. The Bertz CT molecular complexity index is 931. The first kappa shape index (κ1) is 19.5. The van der Waals surface area contributed by atoms with Crippen molar-refractivity contribution >= 4 is 11.7 Å². The van der Waals surface area contributed by atoms with Gasteiger partial charge in [-0.2, -0.15) is 0 Å². The molecular formula is C22H23FN4O. The van der Waals surface area contributed by atoms with Crippen LogP contribution in [-0.2, 0) is 13.0 Å². The summed E-state index contributed by atoms with van der Waals surface area (Å²) in [4.78, 5) is 25.3. The van der Waals surface area contributed by atoms with Crippen LogP contribution in [0.2, 0.25) is 0 Å².